The van der Waals surface area contributed by atoms with Crippen LogP contribution < -0.4 is 0 Å². The van der Waals surface area contributed by atoms with Crippen LogP contribution in [0.25, 0.3) is 0 Å². The number of carbonyl (C=O) groups excluding carboxylic acids is 1. The highest BCUT2D eigenvalue weighted by atomic mass is 16.4. The van der Waals surface area contributed by atoms with Gasteiger partial charge in [-0.2, -0.15) is 0 Å². The van der Waals surface area contributed by atoms with Crippen molar-refractivity contribution in [3.63, 3.8) is 0 Å². The van der Waals surface area contributed by atoms with E-state index in [0.717, 1.165) is 25.8 Å². The average molecular weight is 257 g/mol. The predicted octanol–water partition coefficient (Wildman–Crippen LogP) is 3.06. The fraction of sp³-hybridized carbons (Fsp3) is 0.857. The van der Waals surface area contributed by atoms with E-state index in [2.05, 4.69) is 6.92 Å². The van der Waals surface area contributed by atoms with Crippen molar-refractivity contribution in [3.8, 4) is 0 Å². The van der Waals surface area contributed by atoms with Gasteiger partial charge in [-0.25, -0.2) is 0 Å². The van der Waals surface area contributed by atoms with E-state index in [9.17, 15) is 9.59 Å². The lowest BCUT2D eigenvalue weighted by molar-refractivity contribution is -0.138. The minimum atomic E-state index is -0.790. The molecule has 0 rings (SSSR count). The molecular weight excluding hydrogens is 230 g/mol. The van der Waals surface area contributed by atoms with Crippen LogP contribution in [0, 0.1) is 0 Å². The Bertz CT molecular complexity index is 241. The summed E-state index contributed by atoms with van der Waals surface area (Å²) in [6.07, 6.45) is 6.63. The minimum Gasteiger partial charge on any atom is -0.481 e. The SMILES string of the molecule is CCCCCCC(=O)N(CCC)CCCC(=O)O. The molecule has 0 spiro atoms. The summed E-state index contributed by atoms with van der Waals surface area (Å²) in [7, 11) is 0. The number of carbonyl (C=O) groups is 2. The molecule has 106 valence electrons. The van der Waals surface area contributed by atoms with E-state index in [1.807, 2.05) is 11.8 Å². The fourth-order valence-corrected chi connectivity index (χ4v) is 1.91. The monoisotopic (exact) mass is 257 g/mol. The van der Waals surface area contributed by atoms with Crippen LogP contribution in [0.2, 0.25) is 0 Å². The van der Waals surface area contributed by atoms with E-state index in [1.54, 1.807) is 0 Å². The summed E-state index contributed by atoms with van der Waals surface area (Å²) in [6, 6.07) is 0. The van der Waals surface area contributed by atoms with E-state index in [-0.39, 0.29) is 12.3 Å². The first-order valence-corrected chi connectivity index (χ1v) is 7.11. The van der Waals surface area contributed by atoms with Crippen molar-refractivity contribution in [1.29, 1.82) is 0 Å². The first-order valence-electron chi connectivity index (χ1n) is 7.11. The second-order valence-electron chi connectivity index (χ2n) is 4.69. The lowest BCUT2D eigenvalue weighted by Crippen LogP contribution is -2.32. The number of hydrogen-bond donors (Lipinski definition) is 1. The van der Waals surface area contributed by atoms with E-state index in [1.165, 1.54) is 12.8 Å². The van der Waals surface area contributed by atoms with Crippen molar-refractivity contribution in [2.24, 2.45) is 0 Å². The molecule has 0 atom stereocenters. The smallest absolute Gasteiger partial charge is 0.303 e. The average Bonchev–Trinajstić information content (AvgIpc) is 2.33. The molecule has 0 aliphatic carbocycles. The van der Waals surface area contributed by atoms with Gasteiger partial charge in [-0.3, -0.25) is 9.59 Å². The molecule has 1 amide bonds. The van der Waals surface area contributed by atoms with Crippen molar-refractivity contribution >= 4 is 11.9 Å². The molecule has 0 aromatic heterocycles. The Morgan fingerprint density at radius 1 is 0.889 bits per heavy atom. The third-order valence-corrected chi connectivity index (χ3v) is 2.91. The van der Waals surface area contributed by atoms with Gasteiger partial charge >= 0.3 is 5.97 Å². The molecule has 0 bridgehead atoms. The van der Waals surface area contributed by atoms with Gasteiger partial charge in [0.2, 0.25) is 5.91 Å². The molecule has 0 heterocycles. The first-order chi connectivity index (χ1) is 8.61. The van der Waals surface area contributed by atoms with E-state index < -0.39 is 5.97 Å². The van der Waals surface area contributed by atoms with Gasteiger partial charge < -0.3 is 10.0 Å². The number of carboxylic acid groups (broad SMARTS) is 1. The molecule has 4 heteroatoms. The largest absolute Gasteiger partial charge is 0.481 e. The van der Waals surface area contributed by atoms with Gasteiger partial charge in [0.05, 0.1) is 0 Å². The standard InChI is InChI=1S/C14H27NO3/c1-3-5-6-7-9-13(16)15(11-4-2)12-8-10-14(17)18/h3-12H2,1-2H3,(H,17,18). The maximum Gasteiger partial charge on any atom is 0.303 e. The Labute approximate surface area is 110 Å². The van der Waals surface area contributed by atoms with Crippen molar-refractivity contribution < 1.29 is 14.7 Å². The van der Waals surface area contributed by atoms with E-state index in [0.29, 0.717) is 19.4 Å². The molecule has 4 nitrogen and oxygen atoms in total. The number of amides is 1. The zero-order valence-electron chi connectivity index (χ0n) is 11.8. The van der Waals surface area contributed by atoms with Crippen LogP contribution in [-0.4, -0.2) is 35.0 Å². The van der Waals surface area contributed by atoms with E-state index in [4.69, 9.17) is 5.11 Å². The van der Waals surface area contributed by atoms with E-state index >= 15 is 0 Å². The molecule has 0 aliphatic heterocycles. The molecule has 0 saturated carbocycles. The minimum absolute atomic E-state index is 0.142. The zero-order chi connectivity index (χ0) is 13.8. The van der Waals surface area contributed by atoms with Crippen LogP contribution >= 0.6 is 0 Å². The van der Waals surface area contributed by atoms with Crippen molar-refractivity contribution in [1.82, 2.24) is 4.90 Å². The molecule has 0 unspecified atom stereocenters. The van der Waals surface area contributed by atoms with Crippen LogP contribution in [0.3, 0.4) is 0 Å². The third-order valence-electron chi connectivity index (χ3n) is 2.91. The number of nitrogens with zero attached hydrogens (tertiary/aromatic N) is 1. The van der Waals surface area contributed by atoms with Gasteiger partial charge in [-0.05, 0) is 19.3 Å². The highest BCUT2D eigenvalue weighted by Gasteiger charge is 2.12. The number of carboxylic acids is 1. The van der Waals surface area contributed by atoms with Gasteiger partial charge in [0.25, 0.3) is 0 Å². The van der Waals surface area contributed by atoms with Crippen LogP contribution in [0.1, 0.15) is 65.2 Å². The maximum atomic E-state index is 12.0. The molecule has 0 fully saturated rings. The topological polar surface area (TPSA) is 57.6 Å². The first kappa shape index (κ1) is 16.9. The quantitative estimate of drug-likeness (QED) is 0.579. The highest BCUT2D eigenvalue weighted by Crippen LogP contribution is 2.07. The summed E-state index contributed by atoms with van der Waals surface area (Å²) in [6.45, 7) is 5.50. The number of hydrogen-bond acceptors (Lipinski definition) is 2. The van der Waals surface area contributed by atoms with Gasteiger partial charge in [0, 0.05) is 25.9 Å². The lowest BCUT2D eigenvalue weighted by Gasteiger charge is -2.21. The summed E-state index contributed by atoms with van der Waals surface area (Å²) in [4.78, 5) is 24.2. The Morgan fingerprint density at radius 2 is 1.61 bits per heavy atom. The predicted molar refractivity (Wildman–Crippen MR) is 72.5 cm³/mol. The van der Waals surface area contributed by atoms with Crippen LogP contribution in [0.4, 0.5) is 0 Å². The molecule has 0 aliphatic rings. The van der Waals surface area contributed by atoms with Crippen molar-refractivity contribution in [3.05, 3.63) is 0 Å². The van der Waals surface area contributed by atoms with Crippen LogP contribution in [0.15, 0.2) is 0 Å². The maximum absolute atomic E-state index is 12.0. The van der Waals surface area contributed by atoms with Crippen molar-refractivity contribution in [2.75, 3.05) is 13.1 Å². The fourth-order valence-electron chi connectivity index (χ4n) is 1.91. The number of unbranched alkanes of at least 4 members (excludes halogenated alkanes) is 3. The molecule has 0 aromatic rings. The molecule has 0 radical (unpaired) electrons. The summed E-state index contributed by atoms with van der Waals surface area (Å²) >= 11 is 0. The second-order valence-corrected chi connectivity index (χ2v) is 4.69. The molecule has 0 saturated heterocycles. The normalized spacial score (nSPS) is 10.3. The summed E-state index contributed by atoms with van der Waals surface area (Å²) in [5.74, 6) is -0.611. The summed E-state index contributed by atoms with van der Waals surface area (Å²) in [5, 5.41) is 8.59. The molecular formula is C14H27NO3. The van der Waals surface area contributed by atoms with Gasteiger partial charge in [-0.1, -0.05) is 33.1 Å². The number of rotatable bonds is 11. The molecule has 0 aromatic carbocycles. The van der Waals surface area contributed by atoms with Crippen molar-refractivity contribution in [2.45, 2.75) is 65.2 Å². The third kappa shape index (κ3) is 9.02. The zero-order valence-corrected chi connectivity index (χ0v) is 11.8. The van der Waals surface area contributed by atoms with Gasteiger partial charge in [0.1, 0.15) is 0 Å². The number of aliphatic carboxylic acids is 1. The van der Waals surface area contributed by atoms with Crippen LogP contribution in [-0.2, 0) is 9.59 Å². The Kier molecular flexibility index (Phi) is 10.4. The Hall–Kier alpha value is -1.06. The summed E-state index contributed by atoms with van der Waals surface area (Å²) in [5.41, 5.74) is 0. The second kappa shape index (κ2) is 11.1. The highest BCUT2D eigenvalue weighted by molar-refractivity contribution is 5.76. The Morgan fingerprint density at radius 3 is 2.17 bits per heavy atom. The molecule has 1 N–H and O–H groups in total. The molecule has 18 heavy (non-hydrogen) atoms. The van der Waals surface area contributed by atoms with Gasteiger partial charge in [-0.15, -0.1) is 0 Å². The Balaban J connectivity index is 3.90. The van der Waals surface area contributed by atoms with Gasteiger partial charge in [0.15, 0.2) is 0 Å². The van der Waals surface area contributed by atoms with Crippen LogP contribution in [0.5, 0.6) is 0 Å². The lowest BCUT2D eigenvalue weighted by atomic mass is 10.1. The summed E-state index contributed by atoms with van der Waals surface area (Å²) < 4.78 is 0.